The summed E-state index contributed by atoms with van der Waals surface area (Å²) >= 11 is 0. The molecule has 0 saturated carbocycles. The Morgan fingerprint density at radius 2 is 1.84 bits per heavy atom. The van der Waals surface area contributed by atoms with Crippen molar-refractivity contribution in [2.45, 2.75) is 25.5 Å². The SMILES string of the molecule is CCNC(=NCC(O)c1cc(OC)cc(OC)c1)NC1CCN(c2c(F)cccc2F)C1. The molecule has 0 spiro atoms. The van der Waals surface area contributed by atoms with Gasteiger partial charge in [0, 0.05) is 31.7 Å². The molecule has 2 aromatic rings. The third-order valence-electron chi connectivity index (χ3n) is 5.31. The highest BCUT2D eigenvalue weighted by molar-refractivity contribution is 5.80. The van der Waals surface area contributed by atoms with Gasteiger partial charge in [-0.05, 0) is 43.2 Å². The van der Waals surface area contributed by atoms with Crippen molar-refractivity contribution in [3.8, 4) is 11.5 Å². The molecule has 0 bridgehead atoms. The summed E-state index contributed by atoms with van der Waals surface area (Å²) in [5, 5.41) is 17.1. The summed E-state index contributed by atoms with van der Waals surface area (Å²) in [6.45, 7) is 3.66. The van der Waals surface area contributed by atoms with Crippen LogP contribution < -0.4 is 25.0 Å². The molecule has 2 aromatic carbocycles. The molecule has 1 aliphatic heterocycles. The molecule has 0 aliphatic carbocycles. The van der Waals surface area contributed by atoms with E-state index in [-0.39, 0.29) is 18.3 Å². The average molecular weight is 449 g/mol. The largest absolute Gasteiger partial charge is 0.497 e. The average Bonchev–Trinajstić information content (AvgIpc) is 3.24. The second-order valence-electron chi connectivity index (χ2n) is 7.53. The van der Waals surface area contributed by atoms with E-state index in [1.807, 2.05) is 6.92 Å². The number of aliphatic hydroxyl groups excluding tert-OH is 1. The molecule has 32 heavy (non-hydrogen) atoms. The van der Waals surface area contributed by atoms with E-state index in [1.54, 1.807) is 37.3 Å². The Hall–Kier alpha value is -3.07. The van der Waals surface area contributed by atoms with Crippen LogP contribution in [0.2, 0.25) is 0 Å². The van der Waals surface area contributed by atoms with Crippen molar-refractivity contribution in [3.63, 3.8) is 0 Å². The normalized spacial score (nSPS) is 17.2. The number of para-hydroxylation sites is 1. The quantitative estimate of drug-likeness (QED) is 0.426. The van der Waals surface area contributed by atoms with E-state index >= 15 is 0 Å². The van der Waals surface area contributed by atoms with Crippen molar-refractivity contribution in [1.82, 2.24) is 10.6 Å². The van der Waals surface area contributed by atoms with Crippen LogP contribution in [0.25, 0.3) is 0 Å². The smallest absolute Gasteiger partial charge is 0.191 e. The lowest BCUT2D eigenvalue weighted by atomic mass is 10.1. The fraction of sp³-hybridized carbons (Fsp3) is 0.435. The lowest BCUT2D eigenvalue weighted by Gasteiger charge is -2.21. The molecule has 9 heteroatoms. The number of rotatable bonds is 8. The van der Waals surface area contributed by atoms with Gasteiger partial charge in [0.2, 0.25) is 0 Å². The molecule has 1 aliphatic rings. The van der Waals surface area contributed by atoms with E-state index in [2.05, 4.69) is 15.6 Å². The standard InChI is InChI=1S/C23H30F2N4O3/c1-4-26-23(27-13-21(30)15-10-17(31-2)12-18(11-15)32-3)28-16-8-9-29(14-16)22-19(24)6-5-7-20(22)25/h5-7,10-12,16,21,30H,4,8-9,13-14H2,1-3H3,(H2,26,27,28). The number of ether oxygens (including phenoxy) is 2. The number of benzene rings is 2. The number of halogens is 2. The number of guanidine groups is 1. The predicted molar refractivity (Wildman–Crippen MR) is 121 cm³/mol. The highest BCUT2D eigenvalue weighted by Crippen LogP contribution is 2.28. The van der Waals surface area contributed by atoms with Crippen molar-refractivity contribution in [1.29, 1.82) is 0 Å². The molecule has 2 atom stereocenters. The zero-order valence-electron chi connectivity index (χ0n) is 18.6. The molecule has 174 valence electrons. The monoisotopic (exact) mass is 448 g/mol. The summed E-state index contributed by atoms with van der Waals surface area (Å²) < 4.78 is 38.7. The first-order chi connectivity index (χ1) is 15.4. The molecule has 1 saturated heterocycles. The van der Waals surface area contributed by atoms with Gasteiger partial charge in [0.15, 0.2) is 5.96 Å². The summed E-state index contributed by atoms with van der Waals surface area (Å²) in [7, 11) is 3.10. The van der Waals surface area contributed by atoms with Crippen LogP contribution in [0.1, 0.15) is 25.0 Å². The van der Waals surface area contributed by atoms with Crippen LogP contribution in [0.3, 0.4) is 0 Å². The molecule has 0 amide bonds. The van der Waals surface area contributed by atoms with E-state index in [9.17, 15) is 13.9 Å². The maximum Gasteiger partial charge on any atom is 0.191 e. The summed E-state index contributed by atoms with van der Waals surface area (Å²) in [5.41, 5.74) is 0.629. The van der Waals surface area contributed by atoms with Gasteiger partial charge < -0.3 is 30.1 Å². The zero-order chi connectivity index (χ0) is 23.1. The molecule has 7 nitrogen and oxygen atoms in total. The van der Waals surface area contributed by atoms with Crippen LogP contribution in [0.5, 0.6) is 11.5 Å². The van der Waals surface area contributed by atoms with Crippen LogP contribution in [0.4, 0.5) is 14.5 Å². The first-order valence-corrected chi connectivity index (χ1v) is 10.6. The van der Waals surface area contributed by atoms with E-state index in [0.29, 0.717) is 49.1 Å². The van der Waals surface area contributed by atoms with E-state index < -0.39 is 17.7 Å². The minimum atomic E-state index is -0.859. The Morgan fingerprint density at radius 1 is 1.19 bits per heavy atom. The first-order valence-electron chi connectivity index (χ1n) is 10.6. The van der Waals surface area contributed by atoms with Gasteiger partial charge in [-0.15, -0.1) is 0 Å². The minimum Gasteiger partial charge on any atom is -0.497 e. The third kappa shape index (κ3) is 5.79. The van der Waals surface area contributed by atoms with Crippen molar-refractivity contribution >= 4 is 11.6 Å². The molecule has 2 unspecified atom stereocenters. The lowest BCUT2D eigenvalue weighted by molar-refractivity contribution is 0.186. The summed E-state index contributed by atoms with van der Waals surface area (Å²) in [6, 6.07) is 9.05. The molecule has 1 fully saturated rings. The summed E-state index contributed by atoms with van der Waals surface area (Å²) in [5.74, 6) is 0.561. The number of anilines is 1. The van der Waals surface area contributed by atoms with Crippen molar-refractivity contribution in [2.75, 3.05) is 45.3 Å². The van der Waals surface area contributed by atoms with Gasteiger partial charge in [-0.3, -0.25) is 4.99 Å². The highest BCUT2D eigenvalue weighted by atomic mass is 19.1. The number of nitrogens with one attached hydrogen (secondary N) is 2. The van der Waals surface area contributed by atoms with Crippen LogP contribution in [0.15, 0.2) is 41.4 Å². The number of hydrogen-bond donors (Lipinski definition) is 3. The van der Waals surface area contributed by atoms with Gasteiger partial charge in [0.1, 0.15) is 28.8 Å². The summed E-state index contributed by atoms with van der Waals surface area (Å²) in [6.07, 6.45) is -0.157. The van der Waals surface area contributed by atoms with Gasteiger partial charge in [0.05, 0.1) is 26.9 Å². The van der Waals surface area contributed by atoms with Crippen molar-refractivity contribution in [3.05, 3.63) is 53.6 Å². The molecular formula is C23H30F2N4O3. The molecular weight excluding hydrogens is 418 g/mol. The van der Waals surface area contributed by atoms with E-state index in [1.165, 1.54) is 18.2 Å². The number of aliphatic imine (C=N–C) groups is 1. The maximum atomic E-state index is 14.1. The fourth-order valence-corrected chi connectivity index (χ4v) is 3.69. The van der Waals surface area contributed by atoms with Crippen LogP contribution >= 0.6 is 0 Å². The van der Waals surface area contributed by atoms with Crippen LogP contribution in [-0.4, -0.2) is 57.5 Å². The first kappa shape index (κ1) is 23.6. The third-order valence-corrected chi connectivity index (χ3v) is 5.31. The number of nitrogens with zero attached hydrogens (tertiary/aromatic N) is 2. The Kier molecular flexibility index (Phi) is 8.10. The Balaban J connectivity index is 1.65. The maximum absolute atomic E-state index is 14.1. The van der Waals surface area contributed by atoms with E-state index in [4.69, 9.17) is 9.47 Å². The molecule has 3 rings (SSSR count). The second kappa shape index (κ2) is 11.0. The zero-order valence-corrected chi connectivity index (χ0v) is 18.6. The highest BCUT2D eigenvalue weighted by Gasteiger charge is 2.27. The van der Waals surface area contributed by atoms with Gasteiger partial charge in [-0.2, -0.15) is 0 Å². The number of methoxy groups -OCH3 is 2. The predicted octanol–water partition coefficient (Wildman–Crippen LogP) is 2.85. The minimum absolute atomic E-state index is 0.00105. The van der Waals surface area contributed by atoms with Gasteiger partial charge in [-0.25, -0.2) is 8.78 Å². The number of hydrogen-bond acceptors (Lipinski definition) is 5. The summed E-state index contributed by atoms with van der Waals surface area (Å²) in [4.78, 5) is 6.19. The van der Waals surface area contributed by atoms with E-state index in [0.717, 1.165) is 0 Å². The Labute approximate surface area is 187 Å². The van der Waals surface area contributed by atoms with Gasteiger partial charge in [0.25, 0.3) is 0 Å². The molecule has 1 heterocycles. The van der Waals surface area contributed by atoms with Crippen molar-refractivity contribution < 1.29 is 23.4 Å². The van der Waals surface area contributed by atoms with Crippen molar-refractivity contribution in [2.24, 2.45) is 4.99 Å². The second-order valence-corrected chi connectivity index (χ2v) is 7.53. The van der Waals surface area contributed by atoms with Crippen LogP contribution in [0, 0.1) is 11.6 Å². The van der Waals surface area contributed by atoms with Gasteiger partial charge in [-0.1, -0.05) is 6.07 Å². The topological polar surface area (TPSA) is 78.4 Å². The molecule has 0 radical (unpaired) electrons. The number of aliphatic hydroxyl groups is 1. The fourth-order valence-electron chi connectivity index (χ4n) is 3.69. The lowest BCUT2D eigenvalue weighted by Crippen LogP contribution is -2.45. The Morgan fingerprint density at radius 3 is 2.44 bits per heavy atom. The van der Waals surface area contributed by atoms with Crippen LogP contribution in [-0.2, 0) is 0 Å². The molecule has 0 aromatic heterocycles. The Bertz CT molecular complexity index is 899. The van der Waals surface area contributed by atoms with Gasteiger partial charge >= 0.3 is 0 Å². The molecule has 3 N–H and O–H groups in total.